The Hall–Kier alpha value is -2.93. The predicted octanol–water partition coefficient (Wildman–Crippen LogP) is 4.09. The third-order valence-electron chi connectivity index (χ3n) is 4.48. The summed E-state index contributed by atoms with van der Waals surface area (Å²) >= 11 is 1.50. The number of aromatic carboxylic acids is 1. The van der Waals surface area contributed by atoms with E-state index in [1.807, 2.05) is 19.1 Å². The first-order chi connectivity index (χ1) is 13.5. The Morgan fingerprint density at radius 3 is 2.54 bits per heavy atom. The van der Waals surface area contributed by atoms with Gasteiger partial charge in [-0.05, 0) is 41.8 Å². The van der Waals surface area contributed by atoms with Gasteiger partial charge in [-0.25, -0.2) is 4.79 Å². The zero-order valence-electron chi connectivity index (χ0n) is 15.9. The zero-order valence-corrected chi connectivity index (χ0v) is 16.7. The first-order valence-corrected chi connectivity index (χ1v) is 9.73. The minimum Gasteiger partial charge on any atom is -0.493 e. The van der Waals surface area contributed by atoms with Crippen molar-refractivity contribution >= 4 is 35.4 Å². The van der Waals surface area contributed by atoms with Crippen molar-refractivity contribution in [3.63, 3.8) is 0 Å². The summed E-state index contributed by atoms with van der Waals surface area (Å²) in [6.07, 6.45) is 2.59. The third-order valence-corrected chi connectivity index (χ3v) is 5.65. The second kappa shape index (κ2) is 8.39. The summed E-state index contributed by atoms with van der Waals surface area (Å²) in [4.78, 5) is 25.0. The highest BCUT2D eigenvalue weighted by Crippen LogP contribution is 2.46. The van der Waals surface area contributed by atoms with Crippen LogP contribution in [0, 0.1) is 0 Å². The standard InChI is InChI=1S/C21H21NO5S/c1-4-12-9-13-10-14(11-28-19(13)18(27-3)17(12)26-2)20(23)22-16-8-6-5-7-15(16)21(24)25/h5-10H,4,11H2,1-3H3,(H,22,23)(H,24,25). The Bertz CT molecular complexity index is 968. The number of fused-ring (bicyclic) bond motifs is 1. The van der Waals surface area contributed by atoms with Crippen molar-refractivity contribution in [3.05, 3.63) is 52.6 Å². The number of carbonyl (C=O) groups is 2. The van der Waals surface area contributed by atoms with Gasteiger partial charge in [0, 0.05) is 11.3 Å². The van der Waals surface area contributed by atoms with Crippen molar-refractivity contribution < 1.29 is 24.2 Å². The van der Waals surface area contributed by atoms with E-state index in [1.54, 1.807) is 32.4 Å². The third kappa shape index (κ3) is 3.71. The highest BCUT2D eigenvalue weighted by molar-refractivity contribution is 7.99. The molecule has 2 N–H and O–H groups in total. The maximum Gasteiger partial charge on any atom is 0.337 e. The lowest BCUT2D eigenvalue weighted by molar-refractivity contribution is -0.112. The Morgan fingerprint density at radius 2 is 1.89 bits per heavy atom. The monoisotopic (exact) mass is 399 g/mol. The molecule has 0 atom stereocenters. The van der Waals surface area contributed by atoms with Crippen molar-refractivity contribution in [2.24, 2.45) is 0 Å². The number of para-hydroxylation sites is 1. The van der Waals surface area contributed by atoms with E-state index in [1.165, 1.54) is 17.8 Å². The largest absolute Gasteiger partial charge is 0.493 e. The van der Waals surface area contributed by atoms with E-state index in [2.05, 4.69) is 5.32 Å². The minimum absolute atomic E-state index is 0.0555. The highest BCUT2D eigenvalue weighted by atomic mass is 32.2. The van der Waals surface area contributed by atoms with Crippen LogP contribution in [0.2, 0.25) is 0 Å². The lowest BCUT2D eigenvalue weighted by Crippen LogP contribution is -2.19. The summed E-state index contributed by atoms with van der Waals surface area (Å²) in [5, 5.41) is 12.0. The number of thioether (sulfide) groups is 1. The van der Waals surface area contributed by atoms with Crippen LogP contribution in [-0.4, -0.2) is 37.0 Å². The van der Waals surface area contributed by atoms with E-state index in [0.717, 1.165) is 22.4 Å². The molecular weight excluding hydrogens is 378 g/mol. The lowest BCUT2D eigenvalue weighted by Gasteiger charge is -2.22. The van der Waals surface area contributed by atoms with Crippen molar-refractivity contribution in [2.45, 2.75) is 18.2 Å². The fourth-order valence-corrected chi connectivity index (χ4v) is 4.22. The molecule has 1 amide bonds. The summed E-state index contributed by atoms with van der Waals surface area (Å²) in [6.45, 7) is 2.03. The fourth-order valence-electron chi connectivity index (χ4n) is 3.12. The van der Waals surface area contributed by atoms with Gasteiger partial charge in [0.25, 0.3) is 5.91 Å². The Balaban J connectivity index is 1.96. The van der Waals surface area contributed by atoms with Gasteiger partial charge in [-0.15, -0.1) is 11.8 Å². The number of anilines is 1. The number of carboxylic acid groups (broad SMARTS) is 1. The molecule has 0 bridgehead atoms. The van der Waals surface area contributed by atoms with E-state index in [0.29, 0.717) is 22.8 Å². The smallest absolute Gasteiger partial charge is 0.337 e. The number of aryl methyl sites for hydroxylation is 1. The number of benzene rings is 2. The molecule has 6 nitrogen and oxygen atoms in total. The molecule has 1 aliphatic rings. The predicted molar refractivity (Wildman–Crippen MR) is 110 cm³/mol. The Morgan fingerprint density at radius 1 is 1.18 bits per heavy atom. The van der Waals surface area contributed by atoms with E-state index >= 15 is 0 Å². The van der Waals surface area contributed by atoms with Crippen LogP contribution in [0.5, 0.6) is 11.5 Å². The van der Waals surface area contributed by atoms with Crippen LogP contribution in [0.25, 0.3) is 6.08 Å². The number of hydrogen-bond acceptors (Lipinski definition) is 5. The Labute approximate surface area is 167 Å². The van der Waals surface area contributed by atoms with Gasteiger partial charge in [-0.3, -0.25) is 4.79 Å². The summed E-state index contributed by atoms with van der Waals surface area (Å²) in [7, 11) is 3.22. The van der Waals surface area contributed by atoms with Crippen LogP contribution < -0.4 is 14.8 Å². The van der Waals surface area contributed by atoms with E-state index in [9.17, 15) is 14.7 Å². The van der Waals surface area contributed by atoms with Gasteiger partial charge in [0.15, 0.2) is 11.5 Å². The van der Waals surface area contributed by atoms with Gasteiger partial charge in [0.05, 0.1) is 30.4 Å². The molecule has 0 aliphatic carbocycles. The molecule has 0 unspecified atom stereocenters. The maximum absolute atomic E-state index is 12.7. The summed E-state index contributed by atoms with van der Waals surface area (Å²) < 4.78 is 11.1. The lowest BCUT2D eigenvalue weighted by atomic mass is 10.0. The number of carbonyl (C=O) groups excluding carboxylic acids is 1. The SMILES string of the molecule is CCc1cc2c(c(OC)c1OC)SCC(C(=O)Nc1ccccc1C(=O)O)=C2. The molecule has 1 aliphatic heterocycles. The van der Waals surface area contributed by atoms with Crippen LogP contribution in [0.1, 0.15) is 28.4 Å². The molecule has 3 rings (SSSR count). The average molecular weight is 399 g/mol. The molecule has 2 aromatic rings. The number of carboxylic acids is 1. The number of rotatable bonds is 6. The van der Waals surface area contributed by atoms with E-state index in [4.69, 9.17) is 9.47 Å². The topological polar surface area (TPSA) is 84.9 Å². The fraction of sp³-hybridized carbons (Fsp3) is 0.238. The zero-order chi connectivity index (χ0) is 20.3. The molecule has 0 aromatic heterocycles. The van der Waals surface area contributed by atoms with Crippen LogP contribution >= 0.6 is 11.8 Å². The van der Waals surface area contributed by atoms with Gasteiger partial charge in [0.1, 0.15) is 0 Å². The molecule has 0 spiro atoms. The van der Waals surface area contributed by atoms with Gasteiger partial charge < -0.3 is 19.9 Å². The number of methoxy groups -OCH3 is 2. The molecule has 1 heterocycles. The second-order valence-electron chi connectivity index (χ2n) is 6.14. The maximum atomic E-state index is 12.7. The highest BCUT2D eigenvalue weighted by Gasteiger charge is 2.25. The number of nitrogens with one attached hydrogen (secondary N) is 1. The van der Waals surface area contributed by atoms with Gasteiger partial charge in [-0.2, -0.15) is 0 Å². The van der Waals surface area contributed by atoms with Crippen LogP contribution in [0.3, 0.4) is 0 Å². The molecule has 2 aromatic carbocycles. The molecule has 146 valence electrons. The number of amides is 1. The molecule has 7 heteroatoms. The van der Waals surface area contributed by atoms with Crippen LogP contribution in [0.15, 0.2) is 40.8 Å². The number of ether oxygens (including phenoxy) is 2. The second-order valence-corrected chi connectivity index (χ2v) is 7.12. The summed E-state index contributed by atoms with van der Waals surface area (Å²) in [5.41, 5.74) is 2.78. The van der Waals surface area contributed by atoms with Gasteiger partial charge >= 0.3 is 5.97 Å². The molecule has 0 saturated heterocycles. The normalized spacial score (nSPS) is 12.6. The van der Waals surface area contributed by atoms with Crippen LogP contribution in [-0.2, 0) is 11.2 Å². The first kappa shape index (κ1) is 19.8. The molecule has 0 saturated carbocycles. The molecule has 0 fully saturated rings. The molecule has 28 heavy (non-hydrogen) atoms. The van der Waals surface area contributed by atoms with Gasteiger partial charge in [-0.1, -0.05) is 19.1 Å². The van der Waals surface area contributed by atoms with E-state index in [-0.39, 0.29) is 17.2 Å². The van der Waals surface area contributed by atoms with Crippen molar-refractivity contribution in [2.75, 3.05) is 25.3 Å². The minimum atomic E-state index is -1.09. The average Bonchev–Trinajstić information content (AvgIpc) is 2.71. The molecule has 0 radical (unpaired) electrons. The van der Waals surface area contributed by atoms with Crippen LogP contribution in [0.4, 0.5) is 5.69 Å². The summed E-state index contributed by atoms with van der Waals surface area (Å²) in [5.74, 6) is 0.429. The van der Waals surface area contributed by atoms with E-state index < -0.39 is 5.97 Å². The van der Waals surface area contributed by atoms with Crippen molar-refractivity contribution in [1.29, 1.82) is 0 Å². The van der Waals surface area contributed by atoms with Crippen molar-refractivity contribution in [1.82, 2.24) is 0 Å². The number of hydrogen-bond donors (Lipinski definition) is 2. The van der Waals surface area contributed by atoms with Gasteiger partial charge in [0.2, 0.25) is 0 Å². The quantitative estimate of drug-likeness (QED) is 0.761. The first-order valence-electron chi connectivity index (χ1n) is 8.75. The Kier molecular flexibility index (Phi) is 5.94. The van der Waals surface area contributed by atoms with Crippen molar-refractivity contribution in [3.8, 4) is 11.5 Å². The molecular formula is C21H21NO5S. The summed E-state index contributed by atoms with van der Waals surface area (Å²) in [6, 6.07) is 8.35.